The van der Waals surface area contributed by atoms with E-state index in [0.29, 0.717) is 6.61 Å². The molecule has 0 spiro atoms. The van der Waals surface area contributed by atoms with Crippen molar-refractivity contribution in [1.29, 1.82) is 0 Å². The largest absolute Gasteiger partial charge is 0.391 e. The Bertz CT molecular complexity index is 403. The highest BCUT2D eigenvalue weighted by Crippen LogP contribution is 2.54. The molecule has 0 radical (unpaired) electrons. The summed E-state index contributed by atoms with van der Waals surface area (Å²) in [6, 6.07) is 0. The van der Waals surface area contributed by atoms with Crippen LogP contribution in [0.25, 0.3) is 0 Å². The predicted octanol–water partition coefficient (Wildman–Crippen LogP) is 4.34. The maximum atomic E-state index is 6.61. The predicted molar refractivity (Wildman–Crippen MR) is 88.6 cm³/mol. The molecule has 0 aliphatic carbocycles. The molecule has 0 bridgehead atoms. The average Bonchev–Trinajstić information content (AvgIpc) is 2.35. The fourth-order valence-corrected chi connectivity index (χ4v) is 8.49. The summed E-state index contributed by atoms with van der Waals surface area (Å²) < 4.78 is 19.1. The third-order valence-electron chi connectivity index (χ3n) is 4.36. The Morgan fingerprint density at radius 1 is 1.14 bits per heavy atom. The number of ether oxygens (including phenoxy) is 1. The molecule has 0 amide bonds. The summed E-state index contributed by atoms with van der Waals surface area (Å²) in [4.78, 5) is 0. The molecule has 1 fully saturated rings. The van der Waals surface area contributed by atoms with Gasteiger partial charge in [0, 0.05) is 10.1 Å². The lowest BCUT2D eigenvalue weighted by atomic mass is 10.1. The minimum Gasteiger partial charge on any atom is -0.391 e. The Kier molecular flexibility index (Phi) is 4.56. The lowest BCUT2D eigenvalue weighted by molar-refractivity contribution is -0.115. The molecule has 0 saturated carbocycles. The molecule has 2 aliphatic rings. The highest BCUT2D eigenvalue weighted by atomic mass is 28.4. The Hall–Kier alpha value is -0.423. The van der Waals surface area contributed by atoms with Gasteiger partial charge in [-0.15, -0.1) is 6.58 Å². The van der Waals surface area contributed by atoms with Gasteiger partial charge in [0.15, 0.2) is 0 Å². The molecule has 120 valence electrons. The minimum absolute atomic E-state index is 0.00488. The summed E-state index contributed by atoms with van der Waals surface area (Å²) >= 11 is 0. The van der Waals surface area contributed by atoms with E-state index >= 15 is 0 Å². The molecule has 3 atom stereocenters. The first kappa shape index (κ1) is 16.9. The Balaban J connectivity index is 2.25. The molecule has 21 heavy (non-hydrogen) atoms. The lowest BCUT2D eigenvalue weighted by Crippen LogP contribution is -2.65. The Morgan fingerprint density at radius 3 is 2.29 bits per heavy atom. The maximum absolute atomic E-state index is 6.61. The van der Waals surface area contributed by atoms with Gasteiger partial charge in [-0.3, -0.25) is 0 Å². The number of fused-ring (bicyclic) bond motifs is 1. The van der Waals surface area contributed by atoms with Crippen molar-refractivity contribution in [3.05, 3.63) is 24.8 Å². The third-order valence-corrected chi connectivity index (χ3v) is 9.48. The molecule has 2 rings (SSSR count). The summed E-state index contributed by atoms with van der Waals surface area (Å²) in [7, 11) is -2.39. The van der Waals surface area contributed by atoms with Gasteiger partial charge in [-0.1, -0.05) is 59.8 Å². The van der Waals surface area contributed by atoms with E-state index in [4.69, 9.17) is 13.6 Å². The van der Waals surface area contributed by atoms with Gasteiger partial charge in [-0.2, -0.15) is 0 Å². The fraction of sp³-hybridized carbons (Fsp3) is 0.765. The van der Waals surface area contributed by atoms with Gasteiger partial charge in [0.05, 0.1) is 18.8 Å². The van der Waals surface area contributed by atoms with Gasteiger partial charge in [0.1, 0.15) is 6.10 Å². The van der Waals surface area contributed by atoms with Crippen LogP contribution in [-0.4, -0.2) is 33.5 Å². The Morgan fingerprint density at radius 2 is 1.76 bits per heavy atom. The topological polar surface area (TPSA) is 27.7 Å². The van der Waals surface area contributed by atoms with Crippen LogP contribution in [0.1, 0.15) is 48.0 Å². The van der Waals surface area contributed by atoms with Crippen molar-refractivity contribution in [2.45, 2.75) is 76.4 Å². The molecule has 4 heteroatoms. The van der Waals surface area contributed by atoms with Crippen molar-refractivity contribution in [2.24, 2.45) is 0 Å². The van der Waals surface area contributed by atoms with Crippen LogP contribution in [0.5, 0.6) is 0 Å². The number of hydrogen-bond donors (Lipinski definition) is 0. The van der Waals surface area contributed by atoms with Crippen LogP contribution in [0.15, 0.2) is 24.8 Å². The standard InChI is InChI=1S/C17H30O3Si/c1-8-9-13-10-11-14-15(19-13)12-18-21(20-14,16(2,3)4)17(5,6)7/h8,10-11,13-15H,1,9,12H2,2-7H3/t13-,14-,15-/m1/s1. The van der Waals surface area contributed by atoms with Crippen LogP contribution in [0.2, 0.25) is 10.1 Å². The minimum atomic E-state index is -2.39. The third kappa shape index (κ3) is 3.04. The molecule has 2 aliphatic heterocycles. The molecule has 2 heterocycles. The van der Waals surface area contributed by atoms with Crippen LogP contribution in [-0.2, 0) is 13.6 Å². The van der Waals surface area contributed by atoms with Crippen LogP contribution in [0, 0.1) is 0 Å². The van der Waals surface area contributed by atoms with E-state index in [1.807, 2.05) is 6.08 Å². The zero-order valence-electron chi connectivity index (χ0n) is 14.3. The summed E-state index contributed by atoms with van der Waals surface area (Å²) in [5.41, 5.74) is 0. The van der Waals surface area contributed by atoms with E-state index in [9.17, 15) is 0 Å². The fourth-order valence-electron chi connectivity index (χ4n) is 3.59. The van der Waals surface area contributed by atoms with E-state index in [1.165, 1.54) is 0 Å². The van der Waals surface area contributed by atoms with Crippen molar-refractivity contribution >= 4 is 8.56 Å². The van der Waals surface area contributed by atoms with Crippen LogP contribution in [0.4, 0.5) is 0 Å². The zero-order chi connectivity index (χ0) is 15.9. The first-order chi connectivity index (χ1) is 9.61. The van der Waals surface area contributed by atoms with Gasteiger partial charge in [0.25, 0.3) is 0 Å². The van der Waals surface area contributed by atoms with Crippen LogP contribution >= 0.6 is 0 Å². The second-order valence-electron chi connectivity index (χ2n) is 8.13. The van der Waals surface area contributed by atoms with E-state index < -0.39 is 8.56 Å². The first-order valence-corrected chi connectivity index (χ1v) is 9.69. The molecule has 0 aromatic heterocycles. The quantitative estimate of drug-likeness (QED) is 0.561. The van der Waals surface area contributed by atoms with Gasteiger partial charge in [-0.05, 0) is 6.42 Å². The molecule has 0 aromatic rings. The van der Waals surface area contributed by atoms with Crippen LogP contribution in [0.3, 0.4) is 0 Å². The smallest absolute Gasteiger partial charge is 0.349 e. The molecule has 0 N–H and O–H groups in total. The molecule has 1 saturated heterocycles. The van der Waals surface area contributed by atoms with Gasteiger partial charge in [-0.25, -0.2) is 0 Å². The SMILES string of the molecule is C=CC[C@@H]1C=C[C@H]2O[Si](C(C)(C)C)(C(C)(C)C)OC[C@H]2O1. The van der Waals surface area contributed by atoms with E-state index in [0.717, 1.165) is 6.42 Å². The van der Waals surface area contributed by atoms with Crippen molar-refractivity contribution in [1.82, 2.24) is 0 Å². The Labute approximate surface area is 130 Å². The van der Waals surface area contributed by atoms with Gasteiger partial charge >= 0.3 is 8.56 Å². The van der Waals surface area contributed by atoms with Crippen molar-refractivity contribution in [3.63, 3.8) is 0 Å². The monoisotopic (exact) mass is 310 g/mol. The first-order valence-electron chi connectivity index (χ1n) is 7.87. The normalized spacial score (nSPS) is 32.6. The average molecular weight is 311 g/mol. The summed E-state index contributed by atoms with van der Waals surface area (Å²) in [5, 5.41) is 0.0318. The second-order valence-corrected chi connectivity index (χ2v) is 12.9. The molecule has 0 unspecified atom stereocenters. The van der Waals surface area contributed by atoms with E-state index in [2.05, 4.69) is 60.3 Å². The second kappa shape index (κ2) is 5.65. The van der Waals surface area contributed by atoms with Gasteiger partial charge in [0.2, 0.25) is 0 Å². The number of rotatable bonds is 2. The summed E-state index contributed by atoms with van der Waals surface area (Å²) in [5.74, 6) is 0. The zero-order valence-corrected chi connectivity index (χ0v) is 15.3. The molecular formula is C17H30O3Si. The summed E-state index contributed by atoms with van der Waals surface area (Å²) in [6.45, 7) is 17.8. The number of hydrogen-bond acceptors (Lipinski definition) is 3. The van der Waals surface area contributed by atoms with Gasteiger partial charge < -0.3 is 13.6 Å². The highest BCUT2D eigenvalue weighted by Gasteiger charge is 2.62. The van der Waals surface area contributed by atoms with Crippen molar-refractivity contribution in [2.75, 3.05) is 6.61 Å². The molecule has 3 nitrogen and oxygen atoms in total. The van der Waals surface area contributed by atoms with E-state index in [-0.39, 0.29) is 28.4 Å². The lowest BCUT2D eigenvalue weighted by Gasteiger charge is -2.55. The molecular weight excluding hydrogens is 280 g/mol. The van der Waals surface area contributed by atoms with Crippen molar-refractivity contribution < 1.29 is 13.6 Å². The maximum Gasteiger partial charge on any atom is 0.349 e. The van der Waals surface area contributed by atoms with E-state index in [1.54, 1.807) is 0 Å². The van der Waals surface area contributed by atoms with Crippen molar-refractivity contribution in [3.8, 4) is 0 Å². The highest BCUT2D eigenvalue weighted by molar-refractivity contribution is 6.73. The molecule has 0 aromatic carbocycles. The summed E-state index contributed by atoms with van der Waals surface area (Å²) in [6.07, 6.45) is 7.14. The van der Waals surface area contributed by atoms with Crippen LogP contribution < -0.4 is 0 Å².